The molecule has 5 aliphatic heterocycles. The van der Waals surface area contributed by atoms with E-state index in [1.165, 1.54) is 12.1 Å². The maximum absolute atomic E-state index is 17.9. The molecule has 2 aromatic heterocycles. The monoisotopic (exact) mass is 853 g/mol. The summed E-state index contributed by atoms with van der Waals surface area (Å²) in [6.07, 6.45) is 5.09. The molecule has 7 heterocycles. The summed E-state index contributed by atoms with van der Waals surface area (Å²) in [6, 6.07) is 4.60. The van der Waals surface area contributed by atoms with Crippen LogP contribution < -0.4 is 19.7 Å². The van der Waals surface area contributed by atoms with Crippen molar-refractivity contribution < 1.29 is 41.7 Å². The Hall–Kier alpha value is -5.82. The van der Waals surface area contributed by atoms with Crippen LogP contribution >= 0.6 is 0 Å². The van der Waals surface area contributed by atoms with Crippen LogP contribution in [-0.4, -0.2) is 110 Å². The normalized spacial score (nSPS) is 25.6. The fourth-order valence-electron chi connectivity index (χ4n) is 10.1. The molecule has 9 rings (SSSR count). The number of aromatic nitrogens is 3. The number of ether oxygens (including phenoxy) is 4. The second-order valence-electron chi connectivity index (χ2n) is 19.0. The van der Waals surface area contributed by atoms with Gasteiger partial charge in [-0.25, -0.2) is 27.7 Å². The first-order chi connectivity index (χ1) is 29.3. The number of anilines is 2. The minimum absolute atomic E-state index is 0.00317. The highest BCUT2D eigenvalue weighted by Gasteiger charge is 2.55. The number of carbonyl (C=O) groups is 2. The third-order valence-corrected chi connectivity index (χ3v) is 12.6. The predicted octanol–water partition coefficient (Wildman–Crippen LogP) is 8.31. The van der Waals surface area contributed by atoms with Gasteiger partial charge in [-0.1, -0.05) is 30.2 Å². The van der Waals surface area contributed by atoms with Crippen LogP contribution in [0, 0.1) is 24.0 Å². The van der Waals surface area contributed by atoms with E-state index in [0.717, 1.165) is 5.57 Å². The fraction of sp³-hybridized carbons (Fsp3) is 0.500. The average molecular weight is 854 g/mol. The van der Waals surface area contributed by atoms with Crippen molar-refractivity contribution in [2.45, 2.75) is 121 Å². The Kier molecular flexibility index (Phi) is 9.81. The van der Waals surface area contributed by atoms with Crippen LogP contribution in [-0.2, 0) is 9.47 Å². The smallest absolute Gasteiger partial charge is 0.412 e. The van der Waals surface area contributed by atoms with Crippen LogP contribution in [0.1, 0.15) is 79.7 Å². The number of halogens is 3. The summed E-state index contributed by atoms with van der Waals surface area (Å²) >= 11 is 0. The number of pyridine rings is 1. The van der Waals surface area contributed by atoms with Crippen LogP contribution in [0.5, 0.6) is 11.9 Å². The molecule has 4 saturated heterocycles. The summed E-state index contributed by atoms with van der Waals surface area (Å²) in [4.78, 5) is 47.1. The van der Waals surface area contributed by atoms with Crippen LogP contribution in [0.15, 0.2) is 36.4 Å². The molecule has 6 atom stereocenters. The third-order valence-electron chi connectivity index (χ3n) is 12.6. The number of piperazine rings is 1. The van der Waals surface area contributed by atoms with E-state index < -0.39 is 58.9 Å². The largest absolute Gasteiger partial charge is 0.472 e. The molecule has 0 spiro atoms. The zero-order chi connectivity index (χ0) is 44.2. The minimum Gasteiger partial charge on any atom is -0.472 e. The number of fused-ring (bicyclic) bond motifs is 7. The van der Waals surface area contributed by atoms with Gasteiger partial charge in [-0.05, 0) is 79.9 Å². The molecule has 1 N–H and O–H groups in total. The van der Waals surface area contributed by atoms with Gasteiger partial charge < -0.3 is 23.8 Å². The molecule has 2 bridgehead atoms. The average Bonchev–Trinajstić information content (AvgIpc) is 3.77. The van der Waals surface area contributed by atoms with Gasteiger partial charge >= 0.3 is 18.2 Å². The van der Waals surface area contributed by atoms with E-state index >= 15 is 8.78 Å². The summed E-state index contributed by atoms with van der Waals surface area (Å²) in [6.45, 7) is 17.8. The summed E-state index contributed by atoms with van der Waals surface area (Å²) in [7, 11) is 0. The predicted molar refractivity (Wildman–Crippen MR) is 227 cm³/mol. The number of hydrogen-bond acceptors (Lipinski definition) is 11. The Balaban J connectivity index is 1.23. The van der Waals surface area contributed by atoms with Gasteiger partial charge in [-0.2, -0.15) is 9.97 Å². The van der Waals surface area contributed by atoms with Crippen LogP contribution in [0.25, 0.3) is 32.9 Å². The van der Waals surface area contributed by atoms with E-state index in [1.54, 1.807) is 37.8 Å². The number of nitrogens with zero attached hydrogens (tertiary/aromatic N) is 6. The Morgan fingerprint density at radius 2 is 1.81 bits per heavy atom. The maximum atomic E-state index is 17.9. The van der Waals surface area contributed by atoms with E-state index in [9.17, 15) is 14.0 Å². The first-order valence-electron chi connectivity index (χ1n) is 21.0. The molecule has 16 heteroatoms. The van der Waals surface area contributed by atoms with E-state index in [-0.39, 0.29) is 87.7 Å². The number of rotatable bonds is 5. The molecular formula is C46H50F3N7O6. The van der Waals surface area contributed by atoms with Crippen LogP contribution in [0.4, 0.5) is 34.3 Å². The standard InChI is InChI=1S/C46H50F3N7O6/c1-10-25-12-11-13-28-32(25)29(18-30(34(28)48)50-42(57)61-44(4,5)6)36-35(49)37-33-39(53-41(52-37)59-22-46-19-26(47)20-54(46)17-16-23(46)2)55-21-27-14-15-31(38(55)24(3)60-40(33)51-36)56(27)43(58)62-45(7,8)9/h1,11-13,18,24,26-27,31,38H,2,14-17,19-22H2,3-9H3,(H,50,57)/t24-,26+,27+,31-,38+,46?/m0/s1. The van der Waals surface area contributed by atoms with Gasteiger partial charge in [0.25, 0.3) is 0 Å². The number of alkyl halides is 1. The van der Waals surface area contributed by atoms with Gasteiger partial charge in [0.15, 0.2) is 11.6 Å². The van der Waals surface area contributed by atoms with Crippen molar-refractivity contribution in [2.24, 2.45) is 0 Å². The van der Waals surface area contributed by atoms with E-state index in [2.05, 4.69) is 22.8 Å². The van der Waals surface area contributed by atoms with Gasteiger partial charge in [0.05, 0.1) is 29.4 Å². The van der Waals surface area contributed by atoms with Crippen molar-refractivity contribution in [1.82, 2.24) is 24.8 Å². The Morgan fingerprint density at radius 1 is 1.05 bits per heavy atom. The fourth-order valence-corrected chi connectivity index (χ4v) is 10.1. The number of benzene rings is 2. The quantitative estimate of drug-likeness (QED) is 0.154. The Morgan fingerprint density at radius 3 is 2.53 bits per heavy atom. The van der Waals surface area contributed by atoms with Crippen LogP contribution in [0.3, 0.4) is 0 Å². The highest BCUT2D eigenvalue weighted by molar-refractivity contribution is 6.06. The molecule has 0 radical (unpaired) electrons. The summed E-state index contributed by atoms with van der Waals surface area (Å²) < 4.78 is 73.7. The SMILES string of the molecule is C#Cc1cccc2c(F)c(NC(=O)OC(C)(C)C)cc(-c3nc4c5c(nc(OCC67C[C@@H](F)CN6CCC7=C)nc5c3F)N3C[C@H]5CC[C@@H]([C@H]3[C@H](C)O4)N5C(=O)OC(C)(C)C)c12. The van der Waals surface area contributed by atoms with Gasteiger partial charge in [-0.15, -0.1) is 6.42 Å². The van der Waals surface area contributed by atoms with Crippen molar-refractivity contribution in [3.05, 3.63) is 53.6 Å². The molecule has 0 aliphatic carbocycles. The van der Waals surface area contributed by atoms with Crippen molar-refractivity contribution in [3.8, 4) is 35.5 Å². The molecule has 2 amide bonds. The topological polar surface area (TPSA) is 131 Å². The first kappa shape index (κ1) is 41.5. The lowest BCUT2D eigenvalue weighted by molar-refractivity contribution is 0.000914. The molecule has 62 heavy (non-hydrogen) atoms. The molecule has 1 unspecified atom stereocenters. The molecule has 4 fully saturated rings. The summed E-state index contributed by atoms with van der Waals surface area (Å²) in [5.74, 6) is 1.13. The number of carbonyl (C=O) groups excluding carboxylic acids is 2. The lowest BCUT2D eigenvalue weighted by atomic mass is 9.90. The zero-order valence-corrected chi connectivity index (χ0v) is 35.9. The summed E-state index contributed by atoms with van der Waals surface area (Å²) in [5, 5.41) is 2.81. The van der Waals surface area contributed by atoms with Gasteiger partial charge in [0.2, 0.25) is 5.88 Å². The Labute approximate surface area is 357 Å². The molecule has 2 aromatic carbocycles. The lowest BCUT2D eigenvalue weighted by Crippen LogP contribution is -2.65. The third kappa shape index (κ3) is 6.89. The minimum atomic E-state index is -1.07. The number of hydrogen-bond donors (Lipinski definition) is 1. The lowest BCUT2D eigenvalue weighted by Gasteiger charge is -2.48. The molecule has 5 aliphatic rings. The van der Waals surface area contributed by atoms with Gasteiger partial charge in [0, 0.05) is 48.0 Å². The van der Waals surface area contributed by atoms with Crippen molar-refractivity contribution in [3.63, 3.8) is 0 Å². The molecule has 13 nitrogen and oxygen atoms in total. The molecule has 326 valence electrons. The van der Waals surface area contributed by atoms with Crippen molar-refractivity contribution >= 4 is 45.4 Å². The number of terminal acetylenes is 1. The number of amides is 2. The Bertz CT molecular complexity index is 2600. The number of nitrogens with one attached hydrogen (secondary N) is 1. The first-order valence-corrected chi connectivity index (χ1v) is 21.0. The zero-order valence-electron chi connectivity index (χ0n) is 35.9. The second-order valence-corrected chi connectivity index (χ2v) is 19.0. The van der Waals surface area contributed by atoms with Gasteiger partial charge in [0.1, 0.15) is 52.5 Å². The van der Waals surface area contributed by atoms with Gasteiger partial charge in [-0.3, -0.25) is 15.1 Å². The highest BCUT2D eigenvalue weighted by Crippen LogP contribution is 2.49. The van der Waals surface area contributed by atoms with Crippen molar-refractivity contribution in [1.29, 1.82) is 0 Å². The van der Waals surface area contributed by atoms with E-state index in [1.807, 2.05) is 37.5 Å². The molecular weight excluding hydrogens is 804 g/mol. The van der Waals surface area contributed by atoms with E-state index in [0.29, 0.717) is 38.2 Å². The van der Waals surface area contributed by atoms with E-state index in [4.69, 9.17) is 35.3 Å². The molecule has 0 saturated carbocycles. The summed E-state index contributed by atoms with van der Waals surface area (Å²) in [5.41, 5.74) is -2.08. The molecule has 4 aromatic rings. The van der Waals surface area contributed by atoms with Crippen LogP contribution in [0.2, 0.25) is 0 Å². The highest BCUT2D eigenvalue weighted by atomic mass is 19.1. The second kappa shape index (κ2) is 14.6. The maximum Gasteiger partial charge on any atom is 0.412 e. The van der Waals surface area contributed by atoms with Crippen molar-refractivity contribution in [2.75, 3.05) is 36.5 Å².